The topological polar surface area (TPSA) is 58.0 Å². The van der Waals surface area contributed by atoms with Gasteiger partial charge in [-0.25, -0.2) is 4.98 Å². The molecular formula is C11H19N3OS2. The maximum atomic E-state index is 9.24. The Morgan fingerprint density at radius 1 is 1.59 bits per heavy atom. The number of hydrogen-bond donors (Lipinski definition) is 2. The third-order valence-corrected chi connectivity index (χ3v) is 4.63. The van der Waals surface area contributed by atoms with Crippen molar-refractivity contribution in [2.45, 2.75) is 49.0 Å². The zero-order valence-electron chi connectivity index (χ0n) is 10.1. The fourth-order valence-corrected chi connectivity index (χ4v) is 3.36. The minimum atomic E-state index is 0.230. The van der Waals surface area contributed by atoms with Crippen molar-refractivity contribution in [1.29, 1.82) is 0 Å². The van der Waals surface area contributed by atoms with Crippen molar-refractivity contribution >= 4 is 23.3 Å². The molecule has 1 aromatic heterocycles. The molecule has 2 rings (SSSR count). The third-order valence-electron chi connectivity index (χ3n) is 2.73. The van der Waals surface area contributed by atoms with Gasteiger partial charge in [0.15, 0.2) is 4.34 Å². The van der Waals surface area contributed by atoms with Crippen molar-refractivity contribution in [3.63, 3.8) is 0 Å². The second-order valence-electron chi connectivity index (χ2n) is 4.29. The molecule has 1 aromatic rings. The molecule has 0 saturated heterocycles. The van der Waals surface area contributed by atoms with Crippen LogP contribution < -0.4 is 5.32 Å². The lowest BCUT2D eigenvalue weighted by molar-refractivity contribution is 0.239. The standard InChI is InChI=1S/C11H19N3OS2/c1-2-10-13-11(17-14-10)16-6-5-9(7-15)12-8-3-4-8/h8-9,12,15H,2-7H2,1H3. The molecule has 17 heavy (non-hydrogen) atoms. The van der Waals surface area contributed by atoms with Crippen LogP contribution in [0.5, 0.6) is 0 Å². The Balaban J connectivity index is 1.66. The Hall–Kier alpha value is -0.170. The fraction of sp³-hybridized carbons (Fsp3) is 0.818. The molecule has 1 atom stereocenters. The number of aryl methyl sites for hydroxylation is 1. The molecule has 1 aliphatic rings. The lowest BCUT2D eigenvalue weighted by atomic mass is 10.2. The highest BCUT2D eigenvalue weighted by atomic mass is 32.2. The van der Waals surface area contributed by atoms with Gasteiger partial charge in [0.1, 0.15) is 5.82 Å². The van der Waals surface area contributed by atoms with E-state index in [0.29, 0.717) is 6.04 Å². The van der Waals surface area contributed by atoms with Gasteiger partial charge in [0.25, 0.3) is 0 Å². The Morgan fingerprint density at radius 3 is 3.00 bits per heavy atom. The molecule has 1 unspecified atom stereocenters. The summed E-state index contributed by atoms with van der Waals surface area (Å²) in [6.45, 7) is 2.30. The fourth-order valence-electron chi connectivity index (χ4n) is 1.54. The molecule has 96 valence electrons. The predicted octanol–water partition coefficient (Wildman–Crippen LogP) is 1.70. The van der Waals surface area contributed by atoms with E-state index >= 15 is 0 Å². The van der Waals surface area contributed by atoms with Crippen LogP contribution in [0.4, 0.5) is 0 Å². The van der Waals surface area contributed by atoms with E-state index in [-0.39, 0.29) is 12.6 Å². The van der Waals surface area contributed by atoms with Gasteiger partial charge in [-0.3, -0.25) is 0 Å². The van der Waals surface area contributed by atoms with Gasteiger partial charge in [-0.05, 0) is 30.8 Å². The summed E-state index contributed by atoms with van der Waals surface area (Å²) in [5.74, 6) is 1.93. The first-order chi connectivity index (χ1) is 8.31. The summed E-state index contributed by atoms with van der Waals surface area (Å²) in [5, 5.41) is 12.7. The minimum Gasteiger partial charge on any atom is -0.395 e. The molecule has 0 bridgehead atoms. The average molecular weight is 273 g/mol. The summed E-state index contributed by atoms with van der Waals surface area (Å²) in [4.78, 5) is 4.41. The smallest absolute Gasteiger partial charge is 0.170 e. The van der Waals surface area contributed by atoms with Crippen LogP contribution in [0.15, 0.2) is 4.34 Å². The maximum absolute atomic E-state index is 9.24. The highest BCUT2D eigenvalue weighted by Gasteiger charge is 2.23. The van der Waals surface area contributed by atoms with Crippen LogP contribution >= 0.6 is 23.3 Å². The molecule has 0 radical (unpaired) electrons. The van der Waals surface area contributed by atoms with Gasteiger partial charge in [-0.1, -0.05) is 18.7 Å². The van der Waals surface area contributed by atoms with Gasteiger partial charge in [0, 0.05) is 24.3 Å². The van der Waals surface area contributed by atoms with Crippen LogP contribution in [0.2, 0.25) is 0 Å². The SMILES string of the molecule is CCc1nsc(SCCC(CO)NC2CC2)n1. The molecule has 4 nitrogen and oxygen atoms in total. The van der Waals surface area contributed by atoms with E-state index in [1.54, 1.807) is 11.8 Å². The number of rotatable bonds is 8. The second-order valence-corrected chi connectivity index (χ2v) is 6.38. The number of aromatic nitrogens is 2. The van der Waals surface area contributed by atoms with Crippen LogP contribution in [0, 0.1) is 0 Å². The summed E-state index contributed by atoms with van der Waals surface area (Å²) < 4.78 is 5.30. The Labute approximate surface area is 110 Å². The van der Waals surface area contributed by atoms with Crippen molar-refractivity contribution in [3.8, 4) is 0 Å². The first kappa shape index (κ1) is 13.3. The minimum absolute atomic E-state index is 0.230. The second kappa shape index (κ2) is 6.68. The zero-order chi connectivity index (χ0) is 12.1. The number of hydrogen-bond acceptors (Lipinski definition) is 6. The van der Waals surface area contributed by atoms with Gasteiger partial charge in [-0.2, -0.15) is 4.37 Å². The monoisotopic (exact) mass is 273 g/mol. The van der Waals surface area contributed by atoms with Crippen LogP contribution in [0.25, 0.3) is 0 Å². The molecular weight excluding hydrogens is 254 g/mol. The van der Waals surface area contributed by atoms with E-state index in [1.807, 2.05) is 0 Å². The largest absolute Gasteiger partial charge is 0.395 e. The van der Waals surface area contributed by atoms with E-state index in [2.05, 4.69) is 21.6 Å². The normalized spacial score (nSPS) is 17.3. The van der Waals surface area contributed by atoms with E-state index in [1.165, 1.54) is 24.4 Å². The average Bonchev–Trinajstić information content (AvgIpc) is 3.04. The molecule has 0 amide bonds. The highest BCUT2D eigenvalue weighted by molar-refractivity contribution is 8.00. The third kappa shape index (κ3) is 4.54. The molecule has 1 aliphatic carbocycles. The van der Waals surface area contributed by atoms with Crippen molar-refractivity contribution in [2.75, 3.05) is 12.4 Å². The predicted molar refractivity (Wildman–Crippen MR) is 71.7 cm³/mol. The van der Waals surface area contributed by atoms with E-state index < -0.39 is 0 Å². The van der Waals surface area contributed by atoms with Gasteiger partial charge in [0.05, 0.1) is 6.61 Å². The van der Waals surface area contributed by atoms with Crippen molar-refractivity contribution in [1.82, 2.24) is 14.7 Å². The van der Waals surface area contributed by atoms with Crippen LogP contribution in [0.3, 0.4) is 0 Å². The Bertz CT molecular complexity index is 341. The molecule has 0 aliphatic heterocycles. The summed E-state index contributed by atoms with van der Waals surface area (Å²) >= 11 is 3.22. The number of aliphatic hydroxyl groups is 1. The first-order valence-electron chi connectivity index (χ1n) is 6.14. The van der Waals surface area contributed by atoms with Crippen LogP contribution in [0.1, 0.15) is 32.0 Å². The van der Waals surface area contributed by atoms with E-state index in [9.17, 15) is 5.11 Å². The van der Waals surface area contributed by atoms with E-state index in [0.717, 1.165) is 28.8 Å². The van der Waals surface area contributed by atoms with Crippen molar-refractivity contribution in [2.24, 2.45) is 0 Å². The number of thioether (sulfide) groups is 1. The lowest BCUT2D eigenvalue weighted by Crippen LogP contribution is -2.34. The van der Waals surface area contributed by atoms with Crippen LogP contribution in [-0.2, 0) is 6.42 Å². The summed E-state index contributed by atoms with van der Waals surface area (Å²) in [7, 11) is 0. The number of nitrogens with one attached hydrogen (secondary N) is 1. The van der Waals surface area contributed by atoms with Crippen LogP contribution in [-0.4, -0.2) is 38.9 Å². The molecule has 0 aromatic carbocycles. The summed E-state index contributed by atoms with van der Waals surface area (Å²) in [6, 6.07) is 0.902. The van der Waals surface area contributed by atoms with Gasteiger partial charge >= 0.3 is 0 Å². The van der Waals surface area contributed by atoms with Crippen molar-refractivity contribution < 1.29 is 5.11 Å². The van der Waals surface area contributed by atoms with E-state index in [4.69, 9.17) is 0 Å². The molecule has 1 heterocycles. The van der Waals surface area contributed by atoms with Gasteiger partial charge in [-0.15, -0.1) is 0 Å². The quantitative estimate of drug-likeness (QED) is 0.706. The maximum Gasteiger partial charge on any atom is 0.170 e. The number of nitrogens with zero attached hydrogens (tertiary/aromatic N) is 2. The first-order valence-corrected chi connectivity index (χ1v) is 7.90. The number of aliphatic hydroxyl groups excluding tert-OH is 1. The zero-order valence-corrected chi connectivity index (χ0v) is 11.7. The Morgan fingerprint density at radius 2 is 2.41 bits per heavy atom. The molecule has 1 saturated carbocycles. The lowest BCUT2D eigenvalue weighted by Gasteiger charge is -2.14. The van der Waals surface area contributed by atoms with Crippen molar-refractivity contribution in [3.05, 3.63) is 5.82 Å². The molecule has 0 spiro atoms. The summed E-state index contributed by atoms with van der Waals surface area (Å²) in [6.07, 6.45) is 4.41. The molecule has 2 N–H and O–H groups in total. The molecule has 6 heteroatoms. The van der Waals surface area contributed by atoms with Gasteiger partial charge < -0.3 is 10.4 Å². The van der Waals surface area contributed by atoms with Gasteiger partial charge in [0.2, 0.25) is 0 Å². The highest BCUT2D eigenvalue weighted by Crippen LogP contribution is 2.23. The summed E-state index contributed by atoms with van der Waals surface area (Å²) in [5.41, 5.74) is 0. The molecule has 1 fully saturated rings. The Kier molecular flexibility index (Phi) is 5.21.